The van der Waals surface area contributed by atoms with Gasteiger partial charge in [-0.25, -0.2) is 14.6 Å². The molecule has 0 fully saturated rings. The molecule has 27 heavy (non-hydrogen) atoms. The van der Waals surface area contributed by atoms with Gasteiger partial charge in [0.1, 0.15) is 6.33 Å². The standard InChI is InChI=1S/C20H17ClN6/c21-16-9-3-1-7-15(16)12-27-20-18(24-25-27)19(22-13-23-20)26-11-5-8-14-6-2-4-10-17(14)26/h1-4,6-7,9-10,13H,5,8,11-12H2. The Morgan fingerprint density at radius 1 is 1.00 bits per heavy atom. The van der Waals surface area contributed by atoms with Gasteiger partial charge in [-0.05, 0) is 36.1 Å². The van der Waals surface area contributed by atoms with Crippen molar-refractivity contribution < 1.29 is 0 Å². The van der Waals surface area contributed by atoms with Crippen molar-refractivity contribution in [2.45, 2.75) is 19.4 Å². The van der Waals surface area contributed by atoms with E-state index in [2.05, 4.69) is 49.4 Å². The highest BCUT2D eigenvalue weighted by Gasteiger charge is 2.23. The predicted octanol–water partition coefficient (Wildman–Crippen LogP) is 4.01. The second-order valence-electron chi connectivity index (χ2n) is 6.59. The molecular formula is C20H17ClN6. The number of rotatable bonds is 3. The van der Waals surface area contributed by atoms with E-state index < -0.39 is 0 Å². The molecule has 4 aromatic rings. The molecule has 0 spiro atoms. The lowest BCUT2D eigenvalue weighted by atomic mass is 10.0. The lowest BCUT2D eigenvalue weighted by Gasteiger charge is -2.30. The van der Waals surface area contributed by atoms with Gasteiger partial charge >= 0.3 is 0 Å². The molecule has 7 heteroatoms. The fourth-order valence-corrected chi connectivity index (χ4v) is 3.82. The largest absolute Gasteiger partial charge is 0.324 e. The number of aryl methyl sites for hydroxylation is 1. The van der Waals surface area contributed by atoms with Gasteiger partial charge in [-0.1, -0.05) is 53.2 Å². The van der Waals surface area contributed by atoms with E-state index in [0.29, 0.717) is 22.7 Å². The van der Waals surface area contributed by atoms with Gasteiger partial charge in [0, 0.05) is 17.3 Å². The summed E-state index contributed by atoms with van der Waals surface area (Å²) in [7, 11) is 0. The van der Waals surface area contributed by atoms with Crippen molar-refractivity contribution in [3.8, 4) is 0 Å². The minimum Gasteiger partial charge on any atom is -0.324 e. The van der Waals surface area contributed by atoms with Crippen LogP contribution in [0.25, 0.3) is 11.2 Å². The molecule has 0 radical (unpaired) electrons. The number of fused-ring (bicyclic) bond motifs is 2. The van der Waals surface area contributed by atoms with E-state index in [1.165, 1.54) is 11.3 Å². The molecule has 5 rings (SSSR count). The molecule has 0 unspecified atom stereocenters. The molecule has 2 aromatic heterocycles. The van der Waals surface area contributed by atoms with E-state index in [1.54, 1.807) is 11.0 Å². The SMILES string of the molecule is Clc1ccccc1Cn1nnc2c(N3CCCc4ccccc43)ncnc21. The van der Waals surface area contributed by atoms with Gasteiger partial charge < -0.3 is 4.90 Å². The summed E-state index contributed by atoms with van der Waals surface area (Å²) in [6.45, 7) is 1.42. The molecule has 2 aromatic carbocycles. The van der Waals surface area contributed by atoms with Gasteiger partial charge in [0.25, 0.3) is 0 Å². The second kappa shape index (κ2) is 6.63. The van der Waals surface area contributed by atoms with Crippen molar-refractivity contribution in [2.75, 3.05) is 11.4 Å². The fourth-order valence-electron chi connectivity index (χ4n) is 3.63. The van der Waals surface area contributed by atoms with E-state index in [9.17, 15) is 0 Å². The van der Waals surface area contributed by atoms with Gasteiger partial charge in [0.05, 0.1) is 6.54 Å². The Morgan fingerprint density at radius 3 is 2.78 bits per heavy atom. The summed E-state index contributed by atoms with van der Waals surface area (Å²) in [5.74, 6) is 0.803. The van der Waals surface area contributed by atoms with Gasteiger partial charge in [0.15, 0.2) is 17.0 Å². The highest BCUT2D eigenvalue weighted by Crippen LogP contribution is 2.34. The van der Waals surface area contributed by atoms with Crippen molar-refractivity contribution in [2.24, 2.45) is 0 Å². The average Bonchev–Trinajstić information content (AvgIpc) is 3.12. The Balaban J connectivity index is 1.58. The quantitative estimate of drug-likeness (QED) is 0.540. The molecule has 1 aliphatic heterocycles. The number of halogens is 1. The van der Waals surface area contributed by atoms with Crippen molar-refractivity contribution in [3.05, 3.63) is 71.0 Å². The van der Waals surface area contributed by atoms with E-state index in [1.807, 2.05) is 24.3 Å². The molecular weight excluding hydrogens is 360 g/mol. The van der Waals surface area contributed by atoms with Crippen molar-refractivity contribution in [1.82, 2.24) is 25.0 Å². The van der Waals surface area contributed by atoms with Crippen molar-refractivity contribution in [1.29, 1.82) is 0 Å². The van der Waals surface area contributed by atoms with Crippen LogP contribution in [0.3, 0.4) is 0 Å². The number of anilines is 2. The molecule has 0 amide bonds. The summed E-state index contributed by atoms with van der Waals surface area (Å²) in [4.78, 5) is 11.2. The maximum absolute atomic E-state index is 6.30. The normalized spacial score (nSPS) is 13.7. The second-order valence-corrected chi connectivity index (χ2v) is 7.00. The predicted molar refractivity (Wildman–Crippen MR) is 105 cm³/mol. The topological polar surface area (TPSA) is 59.7 Å². The average molecular weight is 377 g/mol. The third kappa shape index (κ3) is 2.82. The van der Waals surface area contributed by atoms with Gasteiger partial charge in [-0.2, -0.15) is 0 Å². The Morgan fingerprint density at radius 2 is 1.85 bits per heavy atom. The smallest absolute Gasteiger partial charge is 0.184 e. The molecule has 0 atom stereocenters. The zero-order valence-corrected chi connectivity index (χ0v) is 15.3. The molecule has 0 aliphatic carbocycles. The molecule has 0 bridgehead atoms. The van der Waals surface area contributed by atoms with E-state index >= 15 is 0 Å². The van der Waals surface area contributed by atoms with Crippen LogP contribution in [0, 0.1) is 0 Å². The molecule has 0 N–H and O–H groups in total. The summed E-state index contributed by atoms with van der Waals surface area (Å²) < 4.78 is 1.78. The Labute approximate surface area is 161 Å². The maximum Gasteiger partial charge on any atom is 0.184 e. The monoisotopic (exact) mass is 376 g/mol. The Bertz CT molecular complexity index is 1120. The van der Waals surface area contributed by atoms with Crippen LogP contribution in [0.5, 0.6) is 0 Å². The van der Waals surface area contributed by atoms with E-state index in [0.717, 1.165) is 30.8 Å². The third-order valence-electron chi connectivity index (χ3n) is 4.92. The van der Waals surface area contributed by atoms with Gasteiger partial charge in [-0.3, -0.25) is 0 Å². The minimum absolute atomic E-state index is 0.517. The first-order valence-corrected chi connectivity index (χ1v) is 9.32. The first-order chi connectivity index (χ1) is 13.3. The van der Waals surface area contributed by atoms with Gasteiger partial charge in [0.2, 0.25) is 0 Å². The lowest BCUT2D eigenvalue weighted by molar-refractivity contribution is 0.664. The maximum atomic E-state index is 6.30. The zero-order chi connectivity index (χ0) is 18.2. The summed E-state index contributed by atoms with van der Waals surface area (Å²) in [6.07, 6.45) is 3.75. The molecule has 134 valence electrons. The fraction of sp³-hybridized carbons (Fsp3) is 0.200. The molecule has 0 saturated carbocycles. The number of hydrogen-bond acceptors (Lipinski definition) is 5. The van der Waals surface area contributed by atoms with Crippen LogP contribution < -0.4 is 4.90 Å². The van der Waals surface area contributed by atoms with Crippen molar-refractivity contribution in [3.63, 3.8) is 0 Å². The van der Waals surface area contributed by atoms with Crippen LogP contribution >= 0.6 is 11.6 Å². The van der Waals surface area contributed by atoms with Crippen LogP contribution in [-0.2, 0) is 13.0 Å². The first kappa shape index (κ1) is 16.2. The summed E-state index contributed by atoms with van der Waals surface area (Å²) in [5.41, 5.74) is 4.92. The third-order valence-corrected chi connectivity index (χ3v) is 5.29. The van der Waals surface area contributed by atoms with Crippen LogP contribution in [-0.4, -0.2) is 31.5 Å². The highest BCUT2D eigenvalue weighted by atomic mass is 35.5. The molecule has 0 saturated heterocycles. The van der Waals surface area contributed by atoms with Crippen LogP contribution in [0.1, 0.15) is 17.5 Å². The number of benzene rings is 2. The lowest BCUT2D eigenvalue weighted by Crippen LogP contribution is -2.25. The van der Waals surface area contributed by atoms with E-state index in [-0.39, 0.29) is 0 Å². The summed E-state index contributed by atoms with van der Waals surface area (Å²) in [5, 5.41) is 9.43. The highest BCUT2D eigenvalue weighted by molar-refractivity contribution is 6.31. The number of nitrogens with zero attached hydrogens (tertiary/aromatic N) is 6. The Hall–Kier alpha value is -2.99. The Kier molecular flexibility index (Phi) is 3.98. The number of hydrogen-bond donors (Lipinski definition) is 0. The summed E-state index contributed by atoms with van der Waals surface area (Å²) >= 11 is 6.30. The molecule has 6 nitrogen and oxygen atoms in total. The van der Waals surface area contributed by atoms with E-state index in [4.69, 9.17) is 11.6 Å². The van der Waals surface area contributed by atoms with Crippen LogP contribution in [0.15, 0.2) is 54.9 Å². The minimum atomic E-state index is 0.517. The zero-order valence-electron chi connectivity index (χ0n) is 14.6. The van der Waals surface area contributed by atoms with Crippen molar-refractivity contribution >= 4 is 34.3 Å². The summed E-state index contributed by atoms with van der Waals surface area (Å²) in [6, 6.07) is 16.2. The first-order valence-electron chi connectivity index (χ1n) is 8.94. The molecule has 1 aliphatic rings. The number of para-hydroxylation sites is 1. The van der Waals surface area contributed by atoms with Crippen LogP contribution in [0.4, 0.5) is 11.5 Å². The van der Waals surface area contributed by atoms with Gasteiger partial charge in [-0.15, -0.1) is 5.10 Å². The number of aromatic nitrogens is 5. The van der Waals surface area contributed by atoms with Crippen LogP contribution in [0.2, 0.25) is 5.02 Å². The molecule has 3 heterocycles.